The lowest BCUT2D eigenvalue weighted by atomic mass is 9.91. The molecule has 0 amide bonds. The summed E-state index contributed by atoms with van der Waals surface area (Å²) in [6.45, 7) is 0. The summed E-state index contributed by atoms with van der Waals surface area (Å²) in [5.41, 5.74) is 22.0. The summed E-state index contributed by atoms with van der Waals surface area (Å²) in [5, 5.41) is 12.7. The predicted molar refractivity (Wildman–Crippen MR) is 417 cm³/mol. The van der Waals surface area contributed by atoms with Crippen LogP contribution in [0.4, 0.5) is 0 Å². The second kappa shape index (κ2) is 24.7. The van der Waals surface area contributed by atoms with Crippen molar-refractivity contribution in [3.8, 4) is 101 Å². The average molecular weight is 1250 g/mol. The molecule has 5 nitrogen and oxygen atoms in total. The number of aromatic nitrogens is 5. The molecule has 0 radical (unpaired) electrons. The summed E-state index contributed by atoms with van der Waals surface area (Å²) >= 11 is 0. The summed E-state index contributed by atoms with van der Waals surface area (Å²) in [6, 6.07) is 132. The van der Waals surface area contributed by atoms with E-state index in [0.717, 1.165) is 39.2 Å². The molecule has 0 atom stereocenters. The average Bonchev–Trinajstić information content (AvgIpc) is 1.62. The van der Waals surface area contributed by atoms with Gasteiger partial charge in [-0.2, -0.15) is 0 Å². The molecule has 19 rings (SSSR count). The standard InChI is InChI=1S/C48H32N2.C45H29N3.3H2/c1-3-11-33(12-4-1)35-19-25-39(26-20-35)49-45-17-9-7-15-41(45)43-31-37(23-29-47(43)49)38-24-30-48-44(32-38)42-16-8-10-18-46(42)50(48)40-27-21-36(22-28-40)34-13-5-2-6-14-34;1-3-13-30(14-4-1)43-46-44(31-15-5-2-6-16-31)48-45(47-43)36-20-12-19-34(28-36)32-17-11-18-33(27-32)35-25-26-41-39-23-8-7-21-37(39)38-22-9-10-24-40(38)42(41)29-35;;;/h1-32H;1-29H;3*1H. The number of rotatable bonds is 10. The van der Waals surface area contributed by atoms with Gasteiger partial charge in [0.15, 0.2) is 17.5 Å². The Bertz CT molecular complexity index is 5920. The van der Waals surface area contributed by atoms with Crippen LogP contribution in [0.2, 0.25) is 0 Å². The normalized spacial score (nSPS) is 11.5. The highest BCUT2D eigenvalue weighted by molar-refractivity contribution is 6.26. The van der Waals surface area contributed by atoms with Crippen molar-refractivity contribution in [3.63, 3.8) is 0 Å². The van der Waals surface area contributed by atoms with Gasteiger partial charge in [-0.05, 0) is 167 Å². The molecule has 98 heavy (non-hydrogen) atoms. The van der Waals surface area contributed by atoms with E-state index in [9.17, 15) is 0 Å². The van der Waals surface area contributed by atoms with E-state index in [0.29, 0.717) is 17.5 Å². The minimum Gasteiger partial charge on any atom is -0.309 e. The fourth-order valence-electron chi connectivity index (χ4n) is 14.5. The van der Waals surface area contributed by atoms with Crippen LogP contribution in [-0.4, -0.2) is 24.1 Å². The van der Waals surface area contributed by atoms with Crippen LogP contribution < -0.4 is 0 Å². The van der Waals surface area contributed by atoms with Crippen LogP contribution >= 0.6 is 0 Å². The summed E-state index contributed by atoms with van der Waals surface area (Å²) in [5.74, 6) is 1.96. The Balaban J connectivity index is 0.000000159. The molecule has 3 aromatic heterocycles. The van der Waals surface area contributed by atoms with E-state index < -0.39 is 0 Å². The van der Waals surface area contributed by atoms with E-state index in [4.69, 9.17) is 15.0 Å². The largest absolute Gasteiger partial charge is 0.309 e. The van der Waals surface area contributed by atoms with Crippen molar-refractivity contribution in [2.24, 2.45) is 0 Å². The van der Waals surface area contributed by atoms with Crippen LogP contribution in [-0.2, 0) is 0 Å². The van der Waals surface area contributed by atoms with Gasteiger partial charge in [0.2, 0.25) is 0 Å². The van der Waals surface area contributed by atoms with E-state index in [1.807, 2.05) is 60.7 Å². The molecule has 464 valence electrons. The third-order valence-corrected chi connectivity index (χ3v) is 19.2. The molecule has 0 aliphatic heterocycles. The molecule has 0 fully saturated rings. The maximum absolute atomic E-state index is 4.95. The first-order valence-electron chi connectivity index (χ1n) is 33.4. The third kappa shape index (κ3) is 10.5. The van der Waals surface area contributed by atoms with Crippen molar-refractivity contribution in [1.29, 1.82) is 0 Å². The van der Waals surface area contributed by atoms with Crippen molar-refractivity contribution in [1.82, 2.24) is 24.1 Å². The second-order valence-corrected chi connectivity index (χ2v) is 25.0. The van der Waals surface area contributed by atoms with E-state index >= 15 is 0 Å². The van der Waals surface area contributed by atoms with Gasteiger partial charge in [0.25, 0.3) is 0 Å². The Kier molecular flexibility index (Phi) is 14.5. The molecule has 19 aromatic rings. The van der Waals surface area contributed by atoms with Crippen LogP contribution in [0.15, 0.2) is 370 Å². The monoisotopic (exact) mass is 1250 g/mol. The van der Waals surface area contributed by atoms with Gasteiger partial charge in [-0.3, -0.25) is 0 Å². The van der Waals surface area contributed by atoms with Crippen LogP contribution in [0.25, 0.3) is 177 Å². The fraction of sp³-hybridized carbons (Fsp3) is 0. The van der Waals surface area contributed by atoms with E-state index in [2.05, 4.69) is 319 Å². The highest BCUT2D eigenvalue weighted by Gasteiger charge is 2.19. The molecule has 5 heteroatoms. The summed E-state index contributed by atoms with van der Waals surface area (Å²) in [7, 11) is 0. The van der Waals surface area contributed by atoms with Crippen molar-refractivity contribution in [3.05, 3.63) is 370 Å². The molecular formula is C93H67N5. The van der Waals surface area contributed by atoms with Crippen molar-refractivity contribution < 1.29 is 4.28 Å². The lowest BCUT2D eigenvalue weighted by molar-refractivity contribution is 1.07. The molecular weight excluding hydrogens is 1190 g/mol. The van der Waals surface area contributed by atoms with Gasteiger partial charge in [0.1, 0.15) is 0 Å². The summed E-state index contributed by atoms with van der Waals surface area (Å²) in [6.07, 6.45) is 0. The topological polar surface area (TPSA) is 48.5 Å². The Labute approximate surface area is 572 Å². The number of benzene rings is 16. The molecule has 0 unspecified atom stereocenters. The van der Waals surface area contributed by atoms with Crippen LogP contribution in [0.5, 0.6) is 0 Å². The van der Waals surface area contributed by atoms with Gasteiger partial charge < -0.3 is 9.13 Å². The Morgan fingerprint density at radius 3 is 0.827 bits per heavy atom. The number of nitrogens with zero attached hydrogens (tertiary/aromatic N) is 5. The quantitative estimate of drug-likeness (QED) is 0.128. The molecule has 0 saturated heterocycles. The van der Waals surface area contributed by atoms with Crippen molar-refractivity contribution in [2.75, 3.05) is 0 Å². The Hall–Kier alpha value is -13.1. The van der Waals surface area contributed by atoms with Crippen molar-refractivity contribution in [2.45, 2.75) is 0 Å². The van der Waals surface area contributed by atoms with Gasteiger partial charge >= 0.3 is 0 Å². The van der Waals surface area contributed by atoms with Crippen LogP contribution in [0.1, 0.15) is 4.28 Å². The predicted octanol–water partition coefficient (Wildman–Crippen LogP) is 25.3. The summed E-state index contributed by atoms with van der Waals surface area (Å²) in [4.78, 5) is 14.8. The number of para-hydroxylation sites is 2. The maximum atomic E-state index is 4.95. The Morgan fingerprint density at radius 1 is 0.153 bits per heavy atom. The first-order chi connectivity index (χ1) is 48.6. The number of fused-ring (bicyclic) bond motifs is 12. The first kappa shape index (κ1) is 57.6. The van der Waals surface area contributed by atoms with Gasteiger partial charge in [-0.1, -0.05) is 291 Å². The lowest BCUT2D eigenvalue weighted by Crippen LogP contribution is -2.00. The maximum Gasteiger partial charge on any atom is 0.164 e. The number of hydrogen-bond donors (Lipinski definition) is 0. The van der Waals surface area contributed by atoms with Crippen LogP contribution in [0, 0.1) is 0 Å². The molecule has 16 aromatic carbocycles. The van der Waals surface area contributed by atoms with E-state index in [1.54, 1.807) is 0 Å². The third-order valence-electron chi connectivity index (χ3n) is 19.2. The molecule has 0 saturated carbocycles. The minimum absolute atomic E-state index is 0. The van der Waals surface area contributed by atoms with E-state index in [-0.39, 0.29) is 4.28 Å². The highest BCUT2D eigenvalue weighted by atomic mass is 15.0. The molecule has 0 spiro atoms. The zero-order valence-electron chi connectivity index (χ0n) is 53.5. The molecule has 0 aliphatic rings. The zero-order chi connectivity index (χ0) is 64.9. The SMILES string of the molecule is [HH].[HH].[HH].c1ccc(-c2ccc(-n3c4ccccc4c4cc(-c5ccc6c(c5)c5ccccc5n6-c5ccc(-c6ccccc6)cc5)ccc43)cc2)cc1.c1ccc(-c2nc(-c3ccccc3)nc(-c3cccc(-c4cccc(-c5ccc6c7ccccc7c7ccccc7c6c5)c4)c3)n2)cc1. The highest BCUT2D eigenvalue weighted by Crippen LogP contribution is 2.42. The van der Waals surface area contributed by atoms with Crippen molar-refractivity contribution >= 4 is 75.9 Å². The van der Waals surface area contributed by atoms with Gasteiger partial charge in [-0.25, -0.2) is 15.0 Å². The molecule has 3 heterocycles. The molecule has 0 N–H and O–H groups in total. The van der Waals surface area contributed by atoms with E-state index in [1.165, 1.54) is 120 Å². The van der Waals surface area contributed by atoms with Crippen LogP contribution in [0.3, 0.4) is 0 Å². The smallest absolute Gasteiger partial charge is 0.164 e. The lowest BCUT2D eigenvalue weighted by Gasteiger charge is -2.13. The van der Waals surface area contributed by atoms with Gasteiger partial charge in [0.05, 0.1) is 22.1 Å². The minimum atomic E-state index is 0. The molecule has 0 bridgehead atoms. The molecule has 0 aliphatic carbocycles. The van der Waals surface area contributed by atoms with Gasteiger partial charge in [0, 0.05) is 53.9 Å². The fourth-order valence-corrected chi connectivity index (χ4v) is 14.5. The number of hydrogen-bond acceptors (Lipinski definition) is 3. The van der Waals surface area contributed by atoms with Gasteiger partial charge in [-0.15, -0.1) is 0 Å². The zero-order valence-corrected chi connectivity index (χ0v) is 53.5. The Morgan fingerprint density at radius 2 is 0.408 bits per heavy atom. The second-order valence-electron chi connectivity index (χ2n) is 25.0. The first-order valence-corrected chi connectivity index (χ1v) is 33.4. The summed E-state index contributed by atoms with van der Waals surface area (Å²) < 4.78 is 4.78.